The Kier molecular flexibility index (Phi) is 7.97. The number of carboxylic acid groups (broad SMARTS) is 1. The summed E-state index contributed by atoms with van der Waals surface area (Å²) in [6, 6.07) is 0.0963. The molecule has 0 aliphatic carbocycles. The van der Waals surface area contributed by atoms with E-state index in [9.17, 15) is 4.79 Å². The smallest absolute Gasteiger partial charge is 0.308 e. The summed E-state index contributed by atoms with van der Waals surface area (Å²) in [5, 5.41) is 9.03. The van der Waals surface area contributed by atoms with Crippen molar-refractivity contribution in [3.63, 3.8) is 0 Å². The molecule has 0 aromatic rings. The summed E-state index contributed by atoms with van der Waals surface area (Å²) >= 11 is 0. The molecule has 1 aliphatic heterocycles. The average molecular weight is 275 g/mol. The van der Waals surface area contributed by atoms with Crippen molar-refractivity contribution in [2.75, 3.05) is 53.2 Å². The number of hydrogen-bond donors (Lipinski definition) is 1. The maximum Gasteiger partial charge on any atom is 0.308 e. The second kappa shape index (κ2) is 9.25. The molecule has 0 spiro atoms. The molecule has 112 valence electrons. The van der Waals surface area contributed by atoms with Gasteiger partial charge in [-0.25, -0.2) is 0 Å². The lowest BCUT2D eigenvalue weighted by Crippen LogP contribution is -2.35. The molecule has 0 saturated carbocycles. The summed E-state index contributed by atoms with van der Waals surface area (Å²) < 4.78 is 15.6. The van der Waals surface area contributed by atoms with Crippen molar-refractivity contribution in [2.45, 2.75) is 19.4 Å². The molecule has 0 aromatic carbocycles. The SMILES string of the molecule is COCCOCCOCCN1CCC(C(=O)O)C1C. The van der Waals surface area contributed by atoms with Crippen LogP contribution >= 0.6 is 0 Å². The van der Waals surface area contributed by atoms with Crippen LogP contribution in [0.1, 0.15) is 13.3 Å². The highest BCUT2D eigenvalue weighted by atomic mass is 16.5. The first-order chi connectivity index (χ1) is 9.16. The Morgan fingerprint density at radius 3 is 2.42 bits per heavy atom. The molecule has 2 atom stereocenters. The van der Waals surface area contributed by atoms with Gasteiger partial charge in [0.1, 0.15) is 0 Å². The number of nitrogens with zero attached hydrogens (tertiary/aromatic N) is 1. The van der Waals surface area contributed by atoms with Crippen LogP contribution in [-0.4, -0.2) is 75.3 Å². The predicted octanol–water partition coefficient (Wildman–Crippen LogP) is 0.461. The molecule has 0 bridgehead atoms. The molecule has 0 aromatic heterocycles. The fourth-order valence-electron chi connectivity index (χ4n) is 2.30. The fourth-order valence-corrected chi connectivity index (χ4v) is 2.30. The molecule has 2 unspecified atom stereocenters. The van der Waals surface area contributed by atoms with E-state index in [1.807, 2.05) is 6.92 Å². The lowest BCUT2D eigenvalue weighted by Gasteiger charge is -2.22. The van der Waals surface area contributed by atoms with Crippen molar-refractivity contribution in [3.05, 3.63) is 0 Å². The number of aliphatic carboxylic acids is 1. The summed E-state index contributed by atoms with van der Waals surface area (Å²) in [6.45, 7) is 6.52. The van der Waals surface area contributed by atoms with E-state index < -0.39 is 5.97 Å². The second-order valence-corrected chi connectivity index (χ2v) is 4.73. The minimum atomic E-state index is -0.692. The van der Waals surface area contributed by atoms with E-state index in [1.54, 1.807) is 7.11 Å². The zero-order valence-electron chi connectivity index (χ0n) is 11.8. The third-order valence-corrected chi connectivity index (χ3v) is 3.53. The van der Waals surface area contributed by atoms with Crippen molar-refractivity contribution in [1.29, 1.82) is 0 Å². The normalized spacial score (nSPS) is 23.9. The van der Waals surface area contributed by atoms with Crippen molar-refractivity contribution in [1.82, 2.24) is 4.90 Å². The largest absolute Gasteiger partial charge is 0.481 e. The summed E-state index contributed by atoms with van der Waals surface area (Å²) in [5.41, 5.74) is 0. The van der Waals surface area contributed by atoms with Gasteiger partial charge < -0.3 is 19.3 Å². The van der Waals surface area contributed by atoms with Crippen molar-refractivity contribution >= 4 is 5.97 Å². The van der Waals surface area contributed by atoms with E-state index in [4.69, 9.17) is 19.3 Å². The van der Waals surface area contributed by atoms with E-state index >= 15 is 0 Å². The van der Waals surface area contributed by atoms with Crippen LogP contribution in [0.15, 0.2) is 0 Å². The van der Waals surface area contributed by atoms with Crippen LogP contribution in [0.3, 0.4) is 0 Å². The van der Waals surface area contributed by atoms with Gasteiger partial charge in [-0.2, -0.15) is 0 Å². The number of carbonyl (C=O) groups is 1. The zero-order valence-corrected chi connectivity index (χ0v) is 11.8. The molecule has 1 aliphatic rings. The summed E-state index contributed by atoms with van der Waals surface area (Å²) in [4.78, 5) is 13.1. The minimum Gasteiger partial charge on any atom is -0.481 e. The highest BCUT2D eigenvalue weighted by Gasteiger charge is 2.34. The molecule has 6 heteroatoms. The molecule has 6 nitrogen and oxygen atoms in total. The van der Waals surface area contributed by atoms with Crippen molar-refractivity contribution < 1.29 is 24.1 Å². The van der Waals surface area contributed by atoms with Crippen LogP contribution in [0.2, 0.25) is 0 Å². The van der Waals surface area contributed by atoms with Gasteiger partial charge in [0.2, 0.25) is 0 Å². The van der Waals surface area contributed by atoms with Gasteiger partial charge in [0, 0.05) is 19.7 Å². The molecular formula is C13H25NO5. The first kappa shape index (κ1) is 16.4. The number of methoxy groups -OCH3 is 1. The van der Waals surface area contributed by atoms with Gasteiger partial charge in [-0.3, -0.25) is 9.69 Å². The number of likely N-dealkylation sites (tertiary alicyclic amines) is 1. The Morgan fingerprint density at radius 2 is 1.84 bits per heavy atom. The molecular weight excluding hydrogens is 250 g/mol. The minimum absolute atomic E-state index is 0.0963. The first-order valence-electron chi connectivity index (χ1n) is 6.78. The molecule has 1 N–H and O–H groups in total. The van der Waals surface area contributed by atoms with Gasteiger partial charge in [0.15, 0.2) is 0 Å². The van der Waals surface area contributed by atoms with Gasteiger partial charge in [0.05, 0.1) is 39.0 Å². The van der Waals surface area contributed by atoms with E-state index in [0.717, 1.165) is 19.5 Å². The van der Waals surface area contributed by atoms with Crippen LogP contribution in [0.25, 0.3) is 0 Å². The average Bonchev–Trinajstić information content (AvgIpc) is 2.74. The molecule has 0 amide bonds. The first-order valence-corrected chi connectivity index (χ1v) is 6.78. The molecule has 1 saturated heterocycles. The summed E-state index contributed by atoms with van der Waals surface area (Å²) in [7, 11) is 1.64. The van der Waals surface area contributed by atoms with Crippen LogP contribution in [0.4, 0.5) is 0 Å². The topological polar surface area (TPSA) is 68.2 Å². The van der Waals surface area contributed by atoms with E-state index in [1.165, 1.54) is 0 Å². The molecule has 1 fully saturated rings. The molecule has 0 radical (unpaired) electrons. The zero-order chi connectivity index (χ0) is 14.1. The highest BCUT2D eigenvalue weighted by Crippen LogP contribution is 2.23. The highest BCUT2D eigenvalue weighted by molar-refractivity contribution is 5.71. The molecule has 1 rings (SSSR count). The van der Waals surface area contributed by atoms with Gasteiger partial charge in [-0.15, -0.1) is 0 Å². The number of hydrogen-bond acceptors (Lipinski definition) is 5. The maximum atomic E-state index is 11.0. The fraction of sp³-hybridized carbons (Fsp3) is 0.923. The van der Waals surface area contributed by atoms with Gasteiger partial charge >= 0.3 is 5.97 Å². The Labute approximate surface area is 114 Å². The van der Waals surface area contributed by atoms with Gasteiger partial charge in [-0.1, -0.05) is 0 Å². The predicted molar refractivity (Wildman–Crippen MR) is 70.3 cm³/mol. The lowest BCUT2D eigenvalue weighted by atomic mass is 10.0. The lowest BCUT2D eigenvalue weighted by molar-refractivity contribution is -0.142. The molecule has 1 heterocycles. The van der Waals surface area contributed by atoms with Gasteiger partial charge in [-0.05, 0) is 19.9 Å². The Balaban J connectivity index is 2.00. The van der Waals surface area contributed by atoms with Crippen molar-refractivity contribution in [3.8, 4) is 0 Å². The van der Waals surface area contributed by atoms with E-state index in [0.29, 0.717) is 33.0 Å². The Morgan fingerprint density at radius 1 is 1.21 bits per heavy atom. The standard InChI is InChI=1S/C13H25NO5/c1-11-12(13(15)16)3-4-14(11)5-6-18-9-10-19-8-7-17-2/h11-12H,3-10H2,1-2H3,(H,15,16). The van der Waals surface area contributed by atoms with Crippen LogP contribution in [-0.2, 0) is 19.0 Å². The van der Waals surface area contributed by atoms with Crippen molar-refractivity contribution in [2.24, 2.45) is 5.92 Å². The quantitative estimate of drug-likeness (QED) is 0.584. The summed E-state index contributed by atoms with van der Waals surface area (Å²) in [6.07, 6.45) is 0.733. The summed E-state index contributed by atoms with van der Waals surface area (Å²) in [5.74, 6) is -0.931. The number of ether oxygens (including phenoxy) is 3. The third kappa shape index (κ3) is 5.86. The molecule has 19 heavy (non-hydrogen) atoms. The maximum absolute atomic E-state index is 11.0. The number of carboxylic acids is 1. The Bertz CT molecular complexity index is 261. The van der Waals surface area contributed by atoms with Crippen LogP contribution < -0.4 is 0 Å². The van der Waals surface area contributed by atoms with E-state index in [2.05, 4.69) is 4.90 Å². The van der Waals surface area contributed by atoms with Crippen LogP contribution in [0, 0.1) is 5.92 Å². The monoisotopic (exact) mass is 275 g/mol. The van der Waals surface area contributed by atoms with Gasteiger partial charge in [0.25, 0.3) is 0 Å². The second-order valence-electron chi connectivity index (χ2n) is 4.73. The van der Waals surface area contributed by atoms with Crippen LogP contribution in [0.5, 0.6) is 0 Å². The third-order valence-electron chi connectivity index (χ3n) is 3.53. The Hall–Kier alpha value is -0.690. The number of rotatable bonds is 10. The van der Waals surface area contributed by atoms with E-state index in [-0.39, 0.29) is 12.0 Å².